The molecule has 0 aromatic carbocycles. The van der Waals surface area contributed by atoms with Crippen molar-refractivity contribution >= 4 is 19.8 Å². The Labute approximate surface area is 325 Å². The number of nitrogens with zero attached hydrogens (tertiary/aromatic N) is 1. The van der Waals surface area contributed by atoms with Gasteiger partial charge in [-0.15, -0.1) is 0 Å². The number of quaternary nitrogens is 1. The second-order valence-electron chi connectivity index (χ2n) is 15.4. The zero-order chi connectivity index (χ0) is 39.3. The van der Waals surface area contributed by atoms with Crippen LogP contribution in [0.2, 0.25) is 0 Å². The highest BCUT2D eigenvalue weighted by Gasteiger charge is 2.21. The van der Waals surface area contributed by atoms with Crippen LogP contribution >= 0.6 is 7.82 Å². The number of allylic oxidation sites excluding steroid dienone is 6. The van der Waals surface area contributed by atoms with Crippen LogP contribution in [0.1, 0.15) is 174 Å². The molecular formula is C43H80NO8P. The number of carbonyl (C=O) groups is 2. The topological polar surface area (TPSA) is 111 Å². The van der Waals surface area contributed by atoms with Crippen LogP contribution in [0.5, 0.6) is 0 Å². The van der Waals surface area contributed by atoms with Gasteiger partial charge in [-0.3, -0.25) is 14.2 Å². The van der Waals surface area contributed by atoms with Gasteiger partial charge in [0.2, 0.25) is 0 Å². The maximum Gasteiger partial charge on any atom is 0.306 e. The number of unbranched alkanes of at least 4 members (excludes halogenated alkanes) is 18. The highest BCUT2D eigenvalue weighted by Crippen LogP contribution is 2.38. The van der Waals surface area contributed by atoms with Crippen LogP contribution in [0.3, 0.4) is 0 Å². The summed E-state index contributed by atoms with van der Waals surface area (Å²) in [4.78, 5) is 37.4. The largest absolute Gasteiger partial charge is 0.756 e. The summed E-state index contributed by atoms with van der Waals surface area (Å²) in [5, 5.41) is 0. The molecule has 1 unspecified atom stereocenters. The predicted octanol–water partition coefficient (Wildman–Crippen LogP) is 11.1. The van der Waals surface area contributed by atoms with E-state index < -0.39 is 32.5 Å². The molecule has 0 radical (unpaired) electrons. The van der Waals surface area contributed by atoms with E-state index in [-0.39, 0.29) is 26.1 Å². The van der Waals surface area contributed by atoms with E-state index in [1.165, 1.54) is 96.3 Å². The van der Waals surface area contributed by atoms with Crippen molar-refractivity contribution in [3.05, 3.63) is 36.5 Å². The maximum absolute atomic E-state index is 12.6. The first-order valence-corrected chi connectivity index (χ1v) is 22.7. The molecule has 0 bridgehead atoms. The Morgan fingerprint density at radius 2 is 1.04 bits per heavy atom. The van der Waals surface area contributed by atoms with Crippen molar-refractivity contribution in [1.29, 1.82) is 0 Å². The molecule has 0 aromatic rings. The van der Waals surface area contributed by atoms with Gasteiger partial charge in [-0.2, -0.15) is 0 Å². The van der Waals surface area contributed by atoms with Gasteiger partial charge in [0.15, 0.2) is 6.10 Å². The molecule has 0 saturated carbocycles. The molecule has 0 fully saturated rings. The monoisotopic (exact) mass is 770 g/mol. The van der Waals surface area contributed by atoms with Crippen molar-refractivity contribution in [2.45, 2.75) is 180 Å². The summed E-state index contributed by atoms with van der Waals surface area (Å²) in [7, 11) is 1.14. The van der Waals surface area contributed by atoms with Crippen LogP contribution in [0, 0.1) is 0 Å². The predicted molar refractivity (Wildman–Crippen MR) is 217 cm³/mol. The Morgan fingerprint density at radius 1 is 0.585 bits per heavy atom. The summed E-state index contributed by atoms with van der Waals surface area (Å²) < 4.78 is 33.8. The number of ether oxygens (including phenoxy) is 2. The molecule has 0 N–H and O–H groups in total. The number of phosphoric acid groups is 1. The second-order valence-corrected chi connectivity index (χ2v) is 16.8. The number of hydrogen-bond donors (Lipinski definition) is 0. The molecular weight excluding hydrogens is 689 g/mol. The van der Waals surface area contributed by atoms with Gasteiger partial charge in [-0.05, 0) is 44.9 Å². The molecule has 2 atom stereocenters. The number of phosphoric ester groups is 1. The van der Waals surface area contributed by atoms with Gasteiger partial charge in [-0.25, -0.2) is 0 Å². The first kappa shape index (κ1) is 51.2. The lowest BCUT2D eigenvalue weighted by molar-refractivity contribution is -0.870. The molecule has 0 rings (SSSR count). The van der Waals surface area contributed by atoms with E-state index in [1.807, 2.05) is 27.2 Å². The van der Waals surface area contributed by atoms with Crippen LogP contribution in [0.25, 0.3) is 0 Å². The quantitative estimate of drug-likeness (QED) is 0.0201. The van der Waals surface area contributed by atoms with E-state index in [4.69, 9.17) is 18.5 Å². The summed E-state index contributed by atoms with van der Waals surface area (Å²) in [6, 6.07) is 0. The van der Waals surface area contributed by atoms with Gasteiger partial charge in [-0.1, -0.05) is 153 Å². The fourth-order valence-electron chi connectivity index (χ4n) is 5.55. The molecule has 9 nitrogen and oxygen atoms in total. The fraction of sp³-hybridized carbons (Fsp3) is 0.814. The average molecular weight is 770 g/mol. The highest BCUT2D eigenvalue weighted by molar-refractivity contribution is 7.45. The Hall–Kier alpha value is -1.77. The van der Waals surface area contributed by atoms with E-state index in [0.717, 1.165) is 38.5 Å². The number of likely N-dealkylation sites (N-methyl/N-ethyl adjacent to an activating group) is 1. The van der Waals surface area contributed by atoms with Crippen molar-refractivity contribution in [2.24, 2.45) is 0 Å². The van der Waals surface area contributed by atoms with Crippen molar-refractivity contribution in [1.82, 2.24) is 0 Å². The number of rotatable bonds is 38. The number of carbonyl (C=O) groups excluding carboxylic acids is 2. The number of hydrogen-bond acceptors (Lipinski definition) is 8. The smallest absolute Gasteiger partial charge is 0.306 e. The number of esters is 2. The summed E-state index contributed by atoms with van der Waals surface area (Å²) in [5.74, 6) is -0.894. The molecule has 310 valence electrons. The standard InChI is InChI=1S/C43H80NO8P/c1-6-8-10-12-14-16-18-20-21-22-23-24-26-28-30-32-34-36-43(46)52-41(40-51-53(47,48)50-38-37-44(3,4)5)39-49-42(45)35-33-31-29-27-25-19-17-15-13-11-9-7-2/h20-21,23-24,28,30,41H,6-19,22,25-27,29,31-40H2,1-5H3/b21-20+,24-23+,30-28+/t41-/m1/s1. The molecule has 0 aliphatic rings. The third-order valence-corrected chi connectivity index (χ3v) is 9.88. The first-order chi connectivity index (χ1) is 25.5. The van der Waals surface area contributed by atoms with Gasteiger partial charge in [0.05, 0.1) is 27.7 Å². The van der Waals surface area contributed by atoms with Crippen molar-refractivity contribution in [3.63, 3.8) is 0 Å². The lowest BCUT2D eigenvalue weighted by Crippen LogP contribution is -2.37. The van der Waals surface area contributed by atoms with Crippen molar-refractivity contribution in [2.75, 3.05) is 47.5 Å². The fourth-order valence-corrected chi connectivity index (χ4v) is 6.28. The minimum absolute atomic E-state index is 0.0393. The minimum Gasteiger partial charge on any atom is -0.756 e. The Kier molecular flexibility index (Phi) is 34.7. The Balaban J connectivity index is 4.47. The van der Waals surface area contributed by atoms with Crippen LogP contribution in [0.4, 0.5) is 0 Å². The Bertz CT molecular complexity index is 1010. The molecule has 0 aliphatic carbocycles. The van der Waals surface area contributed by atoms with E-state index in [1.54, 1.807) is 0 Å². The second kappa shape index (κ2) is 35.9. The zero-order valence-corrected chi connectivity index (χ0v) is 35.6. The van der Waals surface area contributed by atoms with Gasteiger partial charge >= 0.3 is 11.9 Å². The summed E-state index contributed by atoms with van der Waals surface area (Å²) >= 11 is 0. The lowest BCUT2D eigenvalue weighted by atomic mass is 10.0. The summed E-state index contributed by atoms with van der Waals surface area (Å²) in [6.45, 7) is 4.15. The lowest BCUT2D eigenvalue weighted by Gasteiger charge is -2.28. The average Bonchev–Trinajstić information content (AvgIpc) is 3.10. The molecule has 53 heavy (non-hydrogen) atoms. The first-order valence-electron chi connectivity index (χ1n) is 21.2. The van der Waals surface area contributed by atoms with Gasteiger partial charge in [0, 0.05) is 12.8 Å². The molecule has 0 amide bonds. The van der Waals surface area contributed by atoms with Crippen LogP contribution in [-0.4, -0.2) is 70.0 Å². The van der Waals surface area contributed by atoms with E-state index >= 15 is 0 Å². The van der Waals surface area contributed by atoms with Crippen molar-refractivity contribution in [3.8, 4) is 0 Å². The zero-order valence-electron chi connectivity index (χ0n) is 34.7. The molecule has 0 heterocycles. The highest BCUT2D eigenvalue weighted by atomic mass is 31.2. The van der Waals surface area contributed by atoms with Gasteiger partial charge < -0.3 is 27.9 Å². The van der Waals surface area contributed by atoms with Crippen LogP contribution < -0.4 is 4.89 Å². The minimum atomic E-state index is -4.63. The molecule has 0 aliphatic heterocycles. The van der Waals surface area contributed by atoms with Gasteiger partial charge in [0.25, 0.3) is 7.82 Å². The Morgan fingerprint density at radius 3 is 1.57 bits per heavy atom. The normalized spacial score (nSPS) is 14.0. The maximum atomic E-state index is 12.6. The molecule has 0 aromatic heterocycles. The SMILES string of the molecule is CCCCCCCC/C=C/C/C=C/C/C=C/CCCC(=O)O[C@H](COC(=O)CCCCCCCCCCCCCC)COP(=O)([O-])OCC[N+](C)(C)C. The molecule has 0 spiro atoms. The van der Waals surface area contributed by atoms with Gasteiger partial charge in [0.1, 0.15) is 19.8 Å². The van der Waals surface area contributed by atoms with Crippen molar-refractivity contribution < 1.29 is 42.1 Å². The van der Waals surface area contributed by atoms with E-state index in [9.17, 15) is 19.0 Å². The third kappa shape index (κ3) is 39.7. The molecule has 10 heteroatoms. The summed E-state index contributed by atoms with van der Waals surface area (Å²) in [5.41, 5.74) is 0. The van der Waals surface area contributed by atoms with Crippen LogP contribution in [0.15, 0.2) is 36.5 Å². The van der Waals surface area contributed by atoms with E-state index in [0.29, 0.717) is 23.9 Å². The van der Waals surface area contributed by atoms with E-state index in [2.05, 4.69) is 44.2 Å². The summed E-state index contributed by atoms with van der Waals surface area (Å²) in [6.07, 6.45) is 38.9. The third-order valence-electron chi connectivity index (χ3n) is 8.91. The van der Waals surface area contributed by atoms with Crippen LogP contribution in [-0.2, 0) is 32.7 Å². The molecule has 0 saturated heterocycles.